The summed E-state index contributed by atoms with van der Waals surface area (Å²) in [7, 11) is 0. The number of nitro groups is 1. The number of hydrogen-bond donors (Lipinski definition) is 3. The van der Waals surface area contributed by atoms with Crippen molar-refractivity contribution in [2.24, 2.45) is 17.8 Å². The van der Waals surface area contributed by atoms with Crippen LogP contribution < -0.4 is 4.90 Å². The molecule has 208 valence electrons. The number of fused-ring (bicyclic) bond motifs is 1. The Bertz CT molecular complexity index is 1310. The van der Waals surface area contributed by atoms with Gasteiger partial charge in [0, 0.05) is 18.1 Å². The molecule has 1 fully saturated rings. The Labute approximate surface area is 226 Å². The third-order valence-corrected chi connectivity index (χ3v) is 7.63. The third kappa shape index (κ3) is 5.73. The van der Waals surface area contributed by atoms with Crippen LogP contribution >= 0.6 is 0 Å². The Morgan fingerprint density at radius 2 is 2.00 bits per heavy atom. The van der Waals surface area contributed by atoms with Gasteiger partial charge in [0.05, 0.1) is 35.2 Å². The number of benzene rings is 1. The molecule has 2 heterocycles. The molecule has 1 aliphatic carbocycles. The minimum Gasteiger partial charge on any atom is -0.459 e. The minimum absolute atomic E-state index is 0.132. The molecule has 10 nitrogen and oxygen atoms in total. The van der Waals surface area contributed by atoms with Crippen LogP contribution in [0.15, 0.2) is 57.5 Å². The van der Waals surface area contributed by atoms with Crippen molar-refractivity contribution in [1.29, 1.82) is 0 Å². The average Bonchev–Trinajstić information content (AvgIpc) is 3.48. The molecule has 2 aromatic rings. The third-order valence-electron chi connectivity index (χ3n) is 7.63. The first kappa shape index (κ1) is 28.4. The van der Waals surface area contributed by atoms with Crippen molar-refractivity contribution in [3.8, 4) is 0 Å². The summed E-state index contributed by atoms with van der Waals surface area (Å²) in [6.45, 7) is 3.30. The monoisotopic (exact) mass is 538 g/mol. The molecule has 0 spiro atoms. The van der Waals surface area contributed by atoms with E-state index in [-0.39, 0.29) is 18.0 Å². The van der Waals surface area contributed by atoms with Crippen molar-refractivity contribution in [3.63, 3.8) is 0 Å². The molecule has 2 amide bonds. The number of allylic oxidation sites excluding steroid dienone is 2. The molecule has 4 atom stereocenters. The first-order valence-corrected chi connectivity index (χ1v) is 13.2. The largest absolute Gasteiger partial charge is 0.459 e. The minimum atomic E-state index is -0.924. The fourth-order valence-corrected chi connectivity index (χ4v) is 5.89. The van der Waals surface area contributed by atoms with Gasteiger partial charge < -0.3 is 19.7 Å². The summed E-state index contributed by atoms with van der Waals surface area (Å²) >= 11 is 0. The van der Waals surface area contributed by atoms with E-state index in [1.54, 1.807) is 12.1 Å². The van der Waals surface area contributed by atoms with E-state index in [1.165, 1.54) is 24.3 Å². The molecular formula is C29H34N2O8. The van der Waals surface area contributed by atoms with Crippen molar-refractivity contribution in [2.75, 3.05) is 11.5 Å². The number of furan rings is 1. The van der Waals surface area contributed by atoms with Crippen LogP contribution in [0.1, 0.15) is 57.5 Å². The summed E-state index contributed by atoms with van der Waals surface area (Å²) in [6.07, 6.45) is 3.47. The van der Waals surface area contributed by atoms with Crippen LogP contribution in [-0.4, -0.2) is 44.8 Å². The van der Waals surface area contributed by atoms with E-state index in [0.717, 1.165) is 22.5 Å². The molecule has 39 heavy (non-hydrogen) atoms. The molecule has 3 N–H and O–H groups in total. The van der Waals surface area contributed by atoms with Gasteiger partial charge in [0.1, 0.15) is 18.1 Å². The van der Waals surface area contributed by atoms with Crippen molar-refractivity contribution < 1.29 is 34.2 Å². The number of nitrogens with zero attached hydrogens (tertiary/aromatic N) is 2. The van der Waals surface area contributed by atoms with Gasteiger partial charge in [0.2, 0.25) is 11.8 Å². The molecule has 10 heteroatoms. The zero-order valence-corrected chi connectivity index (χ0v) is 22.1. The second-order valence-electron chi connectivity index (χ2n) is 10.2. The topological polar surface area (TPSA) is 154 Å². The van der Waals surface area contributed by atoms with E-state index in [4.69, 9.17) is 4.42 Å². The number of anilines is 1. The molecule has 1 aliphatic heterocycles. The number of rotatable bonds is 11. The van der Waals surface area contributed by atoms with Crippen LogP contribution in [0.4, 0.5) is 11.4 Å². The fourth-order valence-electron chi connectivity index (χ4n) is 5.89. The number of carbonyl (C=O) groups excluding carboxylic acids is 2. The maximum Gasteiger partial charge on any atom is 0.271 e. The van der Waals surface area contributed by atoms with Crippen LogP contribution in [-0.2, 0) is 16.2 Å². The van der Waals surface area contributed by atoms with E-state index in [2.05, 4.69) is 0 Å². The molecule has 0 saturated carbocycles. The lowest BCUT2D eigenvalue weighted by Crippen LogP contribution is -2.39. The van der Waals surface area contributed by atoms with Gasteiger partial charge >= 0.3 is 0 Å². The van der Waals surface area contributed by atoms with Crippen LogP contribution in [0, 0.1) is 27.9 Å². The van der Waals surface area contributed by atoms with Crippen LogP contribution in [0.2, 0.25) is 0 Å². The zero-order chi connectivity index (χ0) is 28.3. The Kier molecular flexibility index (Phi) is 8.79. The highest BCUT2D eigenvalue weighted by Gasteiger charge is 2.55. The van der Waals surface area contributed by atoms with E-state index in [1.807, 2.05) is 19.9 Å². The number of carbonyl (C=O) groups is 2. The van der Waals surface area contributed by atoms with E-state index >= 15 is 0 Å². The number of non-ortho nitro benzene ring substituents is 1. The van der Waals surface area contributed by atoms with Crippen molar-refractivity contribution >= 4 is 29.3 Å². The summed E-state index contributed by atoms with van der Waals surface area (Å²) in [4.78, 5) is 38.8. The summed E-state index contributed by atoms with van der Waals surface area (Å²) in [5, 5.41) is 42.3. The second-order valence-corrected chi connectivity index (χ2v) is 10.2. The molecule has 0 bridgehead atoms. The van der Waals surface area contributed by atoms with Crippen molar-refractivity contribution in [2.45, 2.75) is 58.7 Å². The SMILES string of the molecule is CCCC1=C([C@H](O)CC/C(C)=C/c2ccc(CO)o2)[C@H](CO)[C@@H]2C(=O)N(c3cccc([N+](=O)[O-])c3)C(=O)[C@@H]2C1. The average molecular weight is 539 g/mol. The van der Waals surface area contributed by atoms with Crippen LogP contribution in [0.3, 0.4) is 0 Å². The molecule has 4 rings (SSSR count). The lowest BCUT2D eigenvalue weighted by Gasteiger charge is -2.36. The first-order chi connectivity index (χ1) is 18.7. The van der Waals surface area contributed by atoms with Crippen LogP contribution in [0.5, 0.6) is 0 Å². The smallest absolute Gasteiger partial charge is 0.271 e. The molecule has 0 radical (unpaired) electrons. The standard InChI is InChI=1S/C29H34N2O8/c1-3-5-18-13-23-27(29(36)30(28(23)35)19-6-4-7-20(14-19)31(37)38)24(16-33)26(18)25(34)11-8-17(2)12-21-9-10-22(15-32)39-21/h4,6-7,9-10,12,14,23-25,27,32-34H,3,5,8,11,13,15-16H2,1-2H3/b17-12+/t23-,24+,25-,27-/m1/s1. The normalized spacial score (nSPS) is 22.4. The maximum absolute atomic E-state index is 13.6. The second kappa shape index (κ2) is 12.1. The van der Waals surface area contributed by atoms with Crippen LogP contribution in [0.25, 0.3) is 6.08 Å². The van der Waals surface area contributed by atoms with Gasteiger partial charge in [-0.2, -0.15) is 0 Å². The van der Waals surface area contributed by atoms with E-state index in [0.29, 0.717) is 42.8 Å². The number of amides is 2. The maximum atomic E-state index is 13.6. The highest BCUT2D eigenvalue weighted by atomic mass is 16.6. The summed E-state index contributed by atoms with van der Waals surface area (Å²) in [6, 6.07) is 8.86. The van der Waals surface area contributed by atoms with Gasteiger partial charge in [-0.15, -0.1) is 0 Å². The molecule has 1 aromatic carbocycles. The number of imide groups is 1. The Hall–Kier alpha value is -3.60. The lowest BCUT2D eigenvalue weighted by atomic mass is 9.67. The van der Waals surface area contributed by atoms with E-state index < -0.39 is 47.2 Å². The molecule has 2 aliphatic rings. The molecule has 0 unspecified atom stereocenters. The summed E-state index contributed by atoms with van der Waals surface area (Å²) < 4.78 is 5.50. The number of hydrogen-bond acceptors (Lipinski definition) is 8. The number of aliphatic hydroxyl groups is 3. The summed E-state index contributed by atoms with van der Waals surface area (Å²) in [5.41, 5.74) is 2.35. The predicted octanol–water partition coefficient (Wildman–Crippen LogP) is 4.14. The van der Waals surface area contributed by atoms with Crippen molar-refractivity contribution in [1.82, 2.24) is 0 Å². The molecular weight excluding hydrogens is 504 g/mol. The quantitative estimate of drug-likeness (QED) is 0.167. The highest BCUT2D eigenvalue weighted by molar-refractivity contribution is 6.22. The Balaban J connectivity index is 1.59. The zero-order valence-electron chi connectivity index (χ0n) is 22.1. The van der Waals surface area contributed by atoms with Gasteiger partial charge in [-0.25, -0.2) is 4.90 Å². The Morgan fingerprint density at radius 3 is 2.64 bits per heavy atom. The Morgan fingerprint density at radius 1 is 1.23 bits per heavy atom. The first-order valence-electron chi connectivity index (χ1n) is 13.2. The van der Waals surface area contributed by atoms with Crippen molar-refractivity contribution in [3.05, 3.63) is 74.8 Å². The molecule has 1 saturated heterocycles. The summed E-state index contributed by atoms with van der Waals surface area (Å²) in [5.74, 6) is -2.19. The van der Waals surface area contributed by atoms with Gasteiger partial charge in [-0.05, 0) is 62.5 Å². The molecule has 1 aromatic heterocycles. The predicted molar refractivity (Wildman–Crippen MR) is 143 cm³/mol. The van der Waals surface area contributed by atoms with Gasteiger partial charge in [0.25, 0.3) is 5.69 Å². The fraction of sp³-hybridized carbons (Fsp3) is 0.448. The van der Waals surface area contributed by atoms with E-state index in [9.17, 15) is 35.0 Å². The van der Waals surface area contributed by atoms with Gasteiger partial charge in [-0.3, -0.25) is 19.7 Å². The lowest BCUT2D eigenvalue weighted by molar-refractivity contribution is -0.384. The van der Waals surface area contributed by atoms with Gasteiger partial charge in [-0.1, -0.05) is 30.6 Å². The highest BCUT2D eigenvalue weighted by Crippen LogP contribution is 2.48. The number of aliphatic hydroxyl groups excluding tert-OH is 3. The number of nitro benzene ring substituents is 1. The van der Waals surface area contributed by atoms with Gasteiger partial charge in [0.15, 0.2) is 0 Å².